The van der Waals surface area contributed by atoms with Crippen LogP contribution < -0.4 is 0 Å². The van der Waals surface area contributed by atoms with E-state index in [9.17, 15) is 8.78 Å². The second-order valence-corrected chi connectivity index (χ2v) is 5.97. The van der Waals surface area contributed by atoms with Crippen LogP contribution in [0, 0.1) is 6.92 Å². The fourth-order valence-electron chi connectivity index (χ4n) is 2.76. The fourth-order valence-corrected chi connectivity index (χ4v) is 2.76. The van der Waals surface area contributed by atoms with Crippen molar-refractivity contribution in [2.75, 3.05) is 0 Å². The summed E-state index contributed by atoms with van der Waals surface area (Å²) in [4.78, 5) is 8.45. The molecule has 0 N–H and O–H groups in total. The first-order chi connectivity index (χ1) is 12.6. The van der Waals surface area contributed by atoms with Crippen molar-refractivity contribution in [3.8, 4) is 0 Å². The molecule has 0 aliphatic carbocycles. The van der Waals surface area contributed by atoms with Crippen LogP contribution in [0.1, 0.15) is 54.8 Å². The van der Waals surface area contributed by atoms with Gasteiger partial charge in [-0.2, -0.15) is 0 Å². The largest absolute Gasteiger partial charge is 0.280 e. The van der Waals surface area contributed by atoms with E-state index >= 15 is 0 Å². The third kappa shape index (κ3) is 5.19. The molecule has 0 radical (unpaired) electrons. The number of allylic oxidation sites excluding steroid dienone is 6. The van der Waals surface area contributed by atoms with Crippen molar-refractivity contribution < 1.29 is 8.78 Å². The highest BCUT2D eigenvalue weighted by Crippen LogP contribution is 2.24. The monoisotopic (exact) mass is 354 g/mol. The molecule has 0 amide bonds. The van der Waals surface area contributed by atoms with Gasteiger partial charge >= 0.3 is 0 Å². The lowest BCUT2D eigenvalue weighted by atomic mass is 9.98. The molecule has 2 aromatic rings. The van der Waals surface area contributed by atoms with E-state index in [1.807, 2.05) is 37.3 Å². The number of aryl methyl sites for hydroxylation is 1. The van der Waals surface area contributed by atoms with Gasteiger partial charge in [0.15, 0.2) is 0 Å². The van der Waals surface area contributed by atoms with Gasteiger partial charge in [-0.3, -0.25) is 9.97 Å². The number of pyridine rings is 2. The lowest BCUT2D eigenvalue weighted by molar-refractivity contribution is 0.145. The maximum Gasteiger partial charge on any atom is 0.280 e. The molecule has 0 bridgehead atoms. The van der Waals surface area contributed by atoms with Gasteiger partial charge in [0.05, 0.1) is 5.69 Å². The Morgan fingerprint density at radius 3 is 2.69 bits per heavy atom. The van der Waals surface area contributed by atoms with E-state index < -0.39 is 6.43 Å². The summed E-state index contributed by atoms with van der Waals surface area (Å²) in [6.45, 7) is 5.73. The zero-order chi connectivity index (χ0) is 18.9. The highest BCUT2D eigenvalue weighted by Gasteiger charge is 2.14. The quantitative estimate of drug-likeness (QED) is 0.550. The van der Waals surface area contributed by atoms with Crippen LogP contribution in [0.15, 0.2) is 61.0 Å². The molecule has 2 heterocycles. The Labute approximate surface area is 154 Å². The maximum absolute atomic E-state index is 12.9. The molecule has 2 nitrogen and oxygen atoms in total. The normalized spacial score (nSPS) is 12.6. The highest BCUT2D eigenvalue weighted by molar-refractivity contribution is 5.75. The lowest BCUT2D eigenvalue weighted by Gasteiger charge is -2.11. The highest BCUT2D eigenvalue weighted by atomic mass is 19.3. The van der Waals surface area contributed by atoms with E-state index in [-0.39, 0.29) is 5.69 Å². The van der Waals surface area contributed by atoms with Gasteiger partial charge in [-0.1, -0.05) is 49.4 Å². The first-order valence-corrected chi connectivity index (χ1v) is 8.74. The van der Waals surface area contributed by atoms with Crippen molar-refractivity contribution in [3.05, 3.63) is 89.1 Å². The third-order valence-electron chi connectivity index (χ3n) is 3.96. The molecule has 0 atom stereocenters. The molecule has 0 saturated carbocycles. The summed E-state index contributed by atoms with van der Waals surface area (Å²) in [7, 11) is 0. The van der Waals surface area contributed by atoms with E-state index in [1.165, 1.54) is 6.20 Å². The van der Waals surface area contributed by atoms with Crippen LogP contribution in [0.2, 0.25) is 0 Å². The number of halogens is 2. The van der Waals surface area contributed by atoms with E-state index in [1.54, 1.807) is 19.2 Å². The molecule has 0 saturated heterocycles. The Bertz CT molecular complexity index is 821. The zero-order valence-corrected chi connectivity index (χ0v) is 15.4. The first kappa shape index (κ1) is 19.7. The predicted molar refractivity (Wildman–Crippen MR) is 103 cm³/mol. The molecular weight excluding hydrogens is 330 g/mol. The smallest absolute Gasteiger partial charge is 0.260 e. The average Bonchev–Trinajstić information content (AvgIpc) is 2.61. The molecule has 0 fully saturated rings. The molecule has 0 aromatic carbocycles. The summed E-state index contributed by atoms with van der Waals surface area (Å²) < 4.78 is 25.8. The first-order valence-electron chi connectivity index (χ1n) is 8.74. The Balaban J connectivity index is 2.37. The number of alkyl halides is 2. The summed E-state index contributed by atoms with van der Waals surface area (Å²) in [5.74, 6) is 0. The Morgan fingerprint density at radius 2 is 2.04 bits per heavy atom. The predicted octanol–water partition coefficient (Wildman–Crippen LogP) is 6.24. The SMILES string of the molecule is C\C=C/C=C\C(=C\CC)c1cccnc1Cc1cnc(C(F)F)c(C)c1. The Morgan fingerprint density at radius 1 is 1.23 bits per heavy atom. The second-order valence-electron chi connectivity index (χ2n) is 5.97. The number of nitrogens with zero attached hydrogens (tertiary/aromatic N) is 2. The van der Waals surface area contributed by atoms with Crippen LogP contribution in [-0.2, 0) is 6.42 Å². The van der Waals surface area contributed by atoms with Crippen LogP contribution in [0.4, 0.5) is 8.78 Å². The van der Waals surface area contributed by atoms with Crippen molar-refractivity contribution in [1.29, 1.82) is 0 Å². The summed E-state index contributed by atoms with van der Waals surface area (Å²) >= 11 is 0. The van der Waals surface area contributed by atoms with E-state index in [2.05, 4.69) is 29.0 Å². The van der Waals surface area contributed by atoms with Crippen LogP contribution in [-0.4, -0.2) is 9.97 Å². The molecule has 2 aromatic heterocycles. The minimum atomic E-state index is -2.55. The molecule has 0 unspecified atom stereocenters. The van der Waals surface area contributed by atoms with Crippen LogP contribution in [0.3, 0.4) is 0 Å². The van der Waals surface area contributed by atoms with Crippen LogP contribution in [0.25, 0.3) is 5.57 Å². The number of hydrogen-bond donors (Lipinski definition) is 0. The summed E-state index contributed by atoms with van der Waals surface area (Å²) in [5, 5.41) is 0. The van der Waals surface area contributed by atoms with Gasteiger partial charge in [0.2, 0.25) is 0 Å². The van der Waals surface area contributed by atoms with Gasteiger partial charge in [0, 0.05) is 24.4 Å². The van der Waals surface area contributed by atoms with Crippen molar-refractivity contribution in [3.63, 3.8) is 0 Å². The standard InChI is InChI=1S/C22H24F2N2/c1-4-6-7-10-18(9-5-2)19-11-8-12-25-20(19)14-17-13-16(3)21(22(23)24)26-15-17/h4,6-13,15,22H,5,14H2,1-3H3/b6-4-,10-7-,18-9-. The summed E-state index contributed by atoms with van der Waals surface area (Å²) in [5.41, 5.74) is 4.28. The fraction of sp³-hybridized carbons (Fsp3) is 0.273. The molecule has 26 heavy (non-hydrogen) atoms. The van der Waals surface area contributed by atoms with Gasteiger partial charge in [-0.15, -0.1) is 0 Å². The van der Waals surface area contributed by atoms with Crippen molar-refractivity contribution >= 4 is 5.57 Å². The Hall–Kier alpha value is -2.62. The molecule has 4 heteroatoms. The topological polar surface area (TPSA) is 25.8 Å². The molecule has 2 rings (SSSR count). The third-order valence-corrected chi connectivity index (χ3v) is 3.96. The minimum Gasteiger partial charge on any atom is -0.260 e. The zero-order valence-electron chi connectivity index (χ0n) is 15.4. The minimum absolute atomic E-state index is 0.157. The molecular formula is C22H24F2N2. The van der Waals surface area contributed by atoms with Gasteiger partial charge in [-0.25, -0.2) is 8.78 Å². The molecule has 136 valence electrons. The number of rotatable bonds is 7. The number of hydrogen-bond acceptors (Lipinski definition) is 2. The van der Waals surface area contributed by atoms with Crippen LogP contribution in [0.5, 0.6) is 0 Å². The van der Waals surface area contributed by atoms with Crippen molar-refractivity contribution in [2.45, 2.75) is 40.0 Å². The van der Waals surface area contributed by atoms with Crippen molar-refractivity contribution in [2.24, 2.45) is 0 Å². The molecule has 0 aliphatic rings. The van der Waals surface area contributed by atoms with E-state index in [4.69, 9.17) is 0 Å². The molecule has 0 aliphatic heterocycles. The van der Waals surface area contributed by atoms with Gasteiger partial charge in [-0.05, 0) is 43.0 Å². The molecule has 0 spiro atoms. The van der Waals surface area contributed by atoms with Gasteiger partial charge < -0.3 is 0 Å². The maximum atomic E-state index is 12.9. The lowest BCUT2D eigenvalue weighted by Crippen LogP contribution is -2.01. The summed E-state index contributed by atoms with van der Waals surface area (Å²) in [6.07, 6.45) is 12.4. The number of aromatic nitrogens is 2. The second kappa shape index (κ2) is 9.76. The van der Waals surface area contributed by atoms with Crippen molar-refractivity contribution in [1.82, 2.24) is 9.97 Å². The Kier molecular flexibility index (Phi) is 7.39. The van der Waals surface area contributed by atoms with Gasteiger partial charge in [0.25, 0.3) is 6.43 Å². The van der Waals surface area contributed by atoms with Gasteiger partial charge in [0.1, 0.15) is 5.69 Å². The van der Waals surface area contributed by atoms with E-state index in [0.29, 0.717) is 12.0 Å². The van der Waals surface area contributed by atoms with E-state index in [0.717, 1.165) is 28.8 Å². The average molecular weight is 354 g/mol. The van der Waals surface area contributed by atoms with Crippen LogP contribution >= 0.6 is 0 Å². The summed E-state index contributed by atoms with van der Waals surface area (Å²) in [6, 6.07) is 5.72.